The second-order valence-corrected chi connectivity index (χ2v) is 4.48. The number of hydrogen-bond acceptors (Lipinski definition) is 5. The van der Waals surface area contributed by atoms with Gasteiger partial charge in [0.15, 0.2) is 0 Å². The second-order valence-electron chi connectivity index (χ2n) is 4.48. The Hall–Kier alpha value is -2.61. The molecule has 0 spiro atoms. The average molecular weight is 268 g/mol. The molecule has 0 amide bonds. The van der Waals surface area contributed by atoms with Crippen molar-refractivity contribution in [3.8, 4) is 11.9 Å². The molecular formula is C15H16N4O. The summed E-state index contributed by atoms with van der Waals surface area (Å²) in [7, 11) is 1.58. The first kappa shape index (κ1) is 13.8. The number of aromatic nitrogens is 2. The number of nitriles is 1. The lowest BCUT2D eigenvalue weighted by Crippen LogP contribution is -2.06. The molecule has 0 atom stereocenters. The fraction of sp³-hybridized carbons (Fsp3) is 0.267. The van der Waals surface area contributed by atoms with Crippen molar-refractivity contribution in [2.24, 2.45) is 0 Å². The number of ether oxygens (including phenoxy) is 1. The fourth-order valence-corrected chi connectivity index (χ4v) is 1.96. The van der Waals surface area contributed by atoms with E-state index in [-0.39, 0.29) is 0 Å². The summed E-state index contributed by atoms with van der Waals surface area (Å²) < 4.78 is 5.08. The number of nitrogens with one attached hydrogen (secondary N) is 1. The van der Waals surface area contributed by atoms with Gasteiger partial charge in [0.1, 0.15) is 11.9 Å². The van der Waals surface area contributed by atoms with Crippen molar-refractivity contribution >= 4 is 5.82 Å². The summed E-state index contributed by atoms with van der Waals surface area (Å²) >= 11 is 0. The molecule has 0 bridgehead atoms. The van der Waals surface area contributed by atoms with Gasteiger partial charge in [0.05, 0.1) is 12.7 Å². The summed E-state index contributed by atoms with van der Waals surface area (Å²) in [5.74, 6) is 1.18. The Balaban J connectivity index is 2.20. The molecule has 0 saturated carbocycles. The standard InChI is InChI=1S/C15H16N4O/c1-10-6-11(2)19-15(13(10)8-16)18-9-12-4-5-17-14(7-12)20-3/h4-7H,9H2,1-3H3,(H,18,19). The van der Waals surface area contributed by atoms with Crippen molar-refractivity contribution in [2.75, 3.05) is 12.4 Å². The van der Waals surface area contributed by atoms with Crippen LogP contribution in [-0.2, 0) is 6.54 Å². The fourth-order valence-electron chi connectivity index (χ4n) is 1.96. The third-order valence-electron chi connectivity index (χ3n) is 2.92. The van der Waals surface area contributed by atoms with Gasteiger partial charge in [-0.15, -0.1) is 0 Å². The molecule has 0 aliphatic heterocycles. The van der Waals surface area contributed by atoms with Gasteiger partial charge in [-0.2, -0.15) is 5.26 Å². The number of methoxy groups -OCH3 is 1. The van der Waals surface area contributed by atoms with Crippen LogP contribution >= 0.6 is 0 Å². The van der Waals surface area contributed by atoms with Crippen molar-refractivity contribution < 1.29 is 4.74 Å². The van der Waals surface area contributed by atoms with E-state index in [2.05, 4.69) is 21.4 Å². The molecule has 0 fully saturated rings. The minimum Gasteiger partial charge on any atom is -0.481 e. The molecule has 2 aromatic heterocycles. The topological polar surface area (TPSA) is 70.8 Å². The van der Waals surface area contributed by atoms with Crippen LogP contribution in [0.2, 0.25) is 0 Å². The van der Waals surface area contributed by atoms with Gasteiger partial charge in [-0.1, -0.05) is 0 Å². The first-order valence-electron chi connectivity index (χ1n) is 6.25. The molecular weight excluding hydrogens is 252 g/mol. The molecule has 2 aromatic rings. The molecule has 0 aromatic carbocycles. The van der Waals surface area contributed by atoms with Crippen molar-refractivity contribution in [3.63, 3.8) is 0 Å². The van der Waals surface area contributed by atoms with Gasteiger partial charge in [-0.05, 0) is 37.1 Å². The van der Waals surface area contributed by atoms with Crippen molar-refractivity contribution in [1.29, 1.82) is 5.26 Å². The van der Waals surface area contributed by atoms with Crippen LogP contribution in [0.3, 0.4) is 0 Å². The zero-order chi connectivity index (χ0) is 14.5. The molecule has 2 heterocycles. The monoisotopic (exact) mass is 268 g/mol. The zero-order valence-electron chi connectivity index (χ0n) is 11.8. The number of anilines is 1. The van der Waals surface area contributed by atoms with Crippen LogP contribution in [0.1, 0.15) is 22.4 Å². The van der Waals surface area contributed by atoms with Crippen LogP contribution in [0.15, 0.2) is 24.4 Å². The lowest BCUT2D eigenvalue weighted by Gasteiger charge is -2.10. The van der Waals surface area contributed by atoms with Crippen LogP contribution in [0.5, 0.6) is 5.88 Å². The lowest BCUT2D eigenvalue weighted by atomic mass is 10.1. The Bertz CT molecular complexity index is 661. The van der Waals surface area contributed by atoms with Crippen LogP contribution in [0.4, 0.5) is 5.82 Å². The second kappa shape index (κ2) is 6.02. The van der Waals surface area contributed by atoms with Gasteiger partial charge in [-0.3, -0.25) is 0 Å². The van der Waals surface area contributed by atoms with Crippen molar-refractivity contribution in [2.45, 2.75) is 20.4 Å². The smallest absolute Gasteiger partial charge is 0.213 e. The Morgan fingerprint density at radius 2 is 2.15 bits per heavy atom. The summed E-state index contributed by atoms with van der Waals surface area (Å²) in [5, 5.41) is 12.4. The third-order valence-corrected chi connectivity index (χ3v) is 2.92. The maximum absolute atomic E-state index is 9.21. The van der Waals surface area contributed by atoms with Gasteiger partial charge >= 0.3 is 0 Å². The van der Waals surface area contributed by atoms with Gasteiger partial charge in [0.25, 0.3) is 0 Å². The highest BCUT2D eigenvalue weighted by Gasteiger charge is 2.08. The molecule has 0 aliphatic rings. The quantitative estimate of drug-likeness (QED) is 0.922. The van der Waals surface area contributed by atoms with Crippen LogP contribution in [-0.4, -0.2) is 17.1 Å². The van der Waals surface area contributed by atoms with E-state index in [9.17, 15) is 5.26 Å². The van der Waals surface area contributed by atoms with Gasteiger partial charge in [0, 0.05) is 24.5 Å². The molecule has 102 valence electrons. The molecule has 0 saturated heterocycles. The molecule has 5 nitrogen and oxygen atoms in total. The summed E-state index contributed by atoms with van der Waals surface area (Å²) in [5.41, 5.74) is 3.41. The summed E-state index contributed by atoms with van der Waals surface area (Å²) in [6.07, 6.45) is 1.69. The van der Waals surface area contributed by atoms with E-state index in [0.29, 0.717) is 23.8 Å². The highest BCUT2D eigenvalue weighted by molar-refractivity contribution is 5.56. The minimum atomic E-state index is 0.559. The Morgan fingerprint density at radius 3 is 2.85 bits per heavy atom. The van der Waals surface area contributed by atoms with E-state index >= 15 is 0 Å². The normalized spacial score (nSPS) is 9.90. The Labute approximate surface area is 118 Å². The first-order chi connectivity index (χ1) is 9.63. The molecule has 2 rings (SSSR count). The summed E-state index contributed by atoms with van der Waals surface area (Å²) in [6.45, 7) is 4.38. The van der Waals surface area contributed by atoms with Crippen molar-refractivity contribution in [3.05, 3.63) is 46.8 Å². The molecule has 0 radical (unpaired) electrons. The van der Waals surface area contributed by atoms with E-state index in [4.69, 9.17) is 4.74 Å². The SMILES string of the molecule is COc1cc(CNc2nc(C)cc(C)c2C#N)ccn1. The highest BCUT2D eigenvalue weighted by atomic mass is 16.5. The minimum absolute atomic E-state index is 0.559. The number of nitrogens with zero attached hydrogens (tertiary/aromatic N) is 3. The van der Waals surface area contributed by atoms with E-state index in [1.165, 1.54) is 0 Å². The summed E-state index contributed by atoms with van der Waals surface area (Å²) in [4.78, 5) is 8.44. The number of pyridine rings is 2. The zero-order valence-corrected chi connectivity index (χ0v) is 11.8. The van der Waals surface area contributed by atoms with Gasteiger partial charge < -0.3 is 10.1 Å². The van der Waals surface area contributed by atoms with Crippen LogP contribution in [0, 0.1) is 25.2 Å². The van der Waals surface area contributed by atoms with E-state index in [1.807, 2.05) is 32.0 Å². The van der Waals surface area contributed by atoms with Crippen LogP contribution in [0.25, 0.3) is 0 Å². The predicted octanol–water partition coefficient (Wildman–Crippen LogP) is 2.59. The van der Waals surface area contributed by atoms with E-state index in [0.717, 1.165) is 16.8 Å². The average Bonchev–Trinajstić information content (AvgIpc) is 2.45. The van der Waals surface area contributed by atoms with Gasteiger partial charge in [0.2, 0.25) is 5.88 Å². The van der Waals surface area contributed by atoms with E-state index in [1.54, 1.807) is 13.3 Å². The van der Waals surface area contributed by atoms with Crippen LogP contribution < -0.4 is 10.1 Å². The third kappa shape index (κ3) is 3.04. The largest absolute Gasteiger partial charge is 0.481 e. The van der Waals surface area contributed by atoms with Crippen molar-refractivity contribution in [1.82, 2.24) is 9.97 Å². The molecule has 0 unspecified atom stereocenters. The predicted molar refractivity (Wildman–Crippen MR) is 76.5 cm³/mol. The Morgan fingerprint density at radius 1 is 1.35 bits per heavy atom. The lowest BCUT2D eigenvalue weighted by molar-refractivity contribution is 0.397. The number of aryl methyl sites for hydroxylation is 2. The number of hydrogen-bond donors (Lipinski definition) is 1. The Kier molecular flexibility index (Phi) is 4.16. The molecule has 5 heteroatoms. The number of rotatable bonds is 4. The summed E-state index contributed by atoms with van der Waals surface area (Å²) in [6, 6.07) is 7.83. The van der Waals surface area contributed by atoms with Gasteiger partial charge in [-0.25, -0.2) is 9.97 Å². The highest BCUT2D eigenvalue weighted by Crippen LogP contribution is 2.18. The molecule has 0 aliphatic carbocycles. The van der Waals surface area contributed by atoms with E-state index < -0.39 is 0 Å². The maximum Gasteiger partial charge on any atom is 0.213 e. The maximum atomic E-state index is 9.21. The molecule has 1 N–H and O–H groups in total. The first-order valence-corrected chi connectivity index (χ1v) is 6.25. The molecule has 20 heavy (non-hydrogen) atoms.